The Morgan fingerprint density at radius 1 is 0.390 bits per heavy atom. The van der Waals surface area contributed by atoms with Crippen LogP contribution in [0.15, 0.2) is 249 Å². The highest BCUT2D eigenvalue weighted by atomic mass is 19.1. The van der Waals surface area contributed by atoms with Crippen molar-refractivity contribution in [2.75, 3.05) is 4.90 Å². The van der Waals surface area contributed by atoms with E-state index in [9.17, 15) is 0 Å². The van der Waals surface area contributed by atoms with Crippen molar-refractivity contribution in [3.05, 3.63) is 316 Å². The highest BCUT2D eigenvalue weighted by Gasteiger charge is 2.53. The molecule has 0 amide bonds. The van der Waals surface area contributed by atoms with E-state index in [2.05, 4.69) is 291 Å². The highest BCUT2D eigenvalue weighted by molar-refractivity contribution is 5.99. The van der Waals surface area contributed by atoms with Gasteiger partial charge in [-0.3, -0.25) is 0 Å². The van der Waals surface area contributed by atoms with Crippen molar-refractivity contribution in [1.82, 2.24) is 0 Å². The van der Waals surface area contributed by atoms with Crippen LogP contribution >= 0.6 is 0 Å². The maximum atomic E-state index is 16.5. The third-order valence-corrected chi connectivity index (χ3v) is 17.9. The predicted molar refractivity (Wildman–Crippen MR) is 344 cm³/mol. The Bertz CT molecular complexity index is 4160. The summed E-state index contributed by atoms with van der Waals surface area (Å²) in [6, 6.07) is 91.0. The molecule has 2 atom stereocenters. The van der Waals surface area contributed by atoms with Crippen LogP contribution in [-0.4, -0.2) is 0 Å². The normalized spacial score (nSPS) is 14.5. The molecule has 11 aromatic carbocycles. The molecule has 1 spiro atoms. The van der Waals surface area contributed by atoms with Crippen molar-refractivity contribution in [3.8, 4) is 55.6 Å². The zero-order valence-corrected chi connectivity index (χ0v) is 48.5. The van der Waals surface area contributed by atoms with Crippen molar-refractivity contribution in [1.29, 1.82) is 0 Å². The molecule has 2 unspecified atom stereocenters. The van der Waals surface area contributed by atoms with E-state index in [1.165, 1.54) is 100 Å². The summed E-state index contributed by atoms with van der Waals surface area (Å²) in [5.41, 5.74) is 27.9. The van der Waals surface area contributed by atoms with Crippen LogP contribution in [-0.2, 0) is 22.7 Å². The van der Waals surface area contributed by atoms with Gasteiger partial charge in [-0.2, -0.15) is 0 Å². The van der Waals surface area contributed by atoms with E-state index in [-0.39, 0.29) is 22.6 Å². The molecule has 402 valence electrons. The lowest BCUT2D eigenvalue weighted by atomic mass is 9.69. The van der Waals surface area contributed by atoms with Gasteiger partial charge in [0.25, 0.3) is 0 Å². The van der Waals surface area contributed by atoms with Crippen LogP contribution in [0.5, 0.6) is 0 Å². The second-order valence-electron chi connectivity index (χ2n) is 25.0. The summed E-state index contributed by atoms with van der Waals surface area (Å²) in [7, 11) is 0. The van der Waals surface area contributed by atoms with E-state index >= 15 is 4.39 Å². The molecule has 0 fully saturated rings. The largest absolute Gasteiger partial charge is 0.310 e. The number of fused-ring (bicyclic) bond motifs is 10. The Morgan fingerprint density at radius 2 is 0.854 bits per heavy atom. The van der Waals surface area contributed by atoms with Crippen LogP contribution in [0.2, 0.25) is 0 Å². The molecule has 2 heteroatoms. The molecule has 0 radical (unpaired) electrons. The monoisotopic (exact) mass is 1060 g/mol. The molecule has 0 N–H and O–H groups in total. The number of anilines is 3. The van der Waals surface area contributed by atoms with E-state index in [1.54, 1.807) is 6.07 Å². The van der Waals surface area contributed by atoms with Gasteiger partial charge >= 0.3 is 0 Å². The summed E-state index contributed by atoms with van der Waals surface area (Å²) in [5.74, 6) is -0.110. The third-order valence-electron chi connectivity index (χ3n) is 17.9. The minimum atomic E-state index is -0.827. The quantitative estimate of drug-likeness (QED) is 0.125. The average Bonchev–Trinajstić information content (AvgIpc) is 1.80. The zero-order valence-electron chi connectivity index (χ0n) is 48.5. The number of rotatable bonds is 11. The maximum absolute atomic E-state index is 16.5. The van der Waals surface area contributed by atoms with Crippen LogP contribution < -0.4 is 4.90 Å². The standard InChI is InChI=1S/C80H70FN/c1-52-19-15-16-24-67(52)76-53(2)77-71-48-45-66(82(65-43-38-62(39-44-65)79(6,7)8)64-41-33-57(34-42-64)55-22-13-10-14-23-55)51-74(71)80(72-26-18-17-25-69(72)70-47-40-63(81)50-73(70)80)75(77)49-60(76)35-46-68(59-31-36-61(37-32-59)78(3,4)5)58-29-27-56(28-30-58)54-20-11-9-12-21-54/h9-34,36-45,47-51,68H,35,46H2,1-8H3. The Labute approximate surface area is 485 Å². The molecule has 0 saturated carbocycles. The number of aryl methyl sites for hydroxylation is 2. The Balaban J connectivity index is 1.02. The molecule has 13 rings (SSSR count). The van der Waals surface area contributed by atoms with Gasteiger partial charge in [-0.25, -0.2) is 4.39 Å². The van der Waals surface area contributed by atoms with Crippen LogP contribution in [0.3, 0.4) is 0 Å². The van der Waals surface area contributed by atoms with Crippen molar-refractivity contribution >= 4 is 17.1 Å². The number of benzene rings is 11. The summed E-state index contributed by atoms with van der Waals surface area (Å²) in [6.45, 7) is 18.3. The van der Waals surface area contributed by atoms with Crippen LogP contribution in [0.4, 0.5) is 21.5 Å². The fourth-order valence-corrected chi connectivity index (χ4v) is 13.7. The lowest BCUT2D eigenvalue weighted by Crippen LogP contribution is -2.27. The van der Waals surface area contributed by atoms with E-state index in [0.29, 0.717) is 0 Å². The molecule has 2 aliphatic rings. The highest BCUT2D eigenvalue weighted by Crippen LogP contribution is 2.65. The van der Waals surface area contributed by atoms with Crippen molar-refractivity contribution in [2.24, 2.45) is 0 Å². The minimum absolute atomic E-state index is 0.00838. The lowest BCUT2D eigenvalue weighted by molar-refractivity contribution is 0.589. The zero-order chi connectivity index (χ0) is 56.5. The first kappa shape index (κ1) is 52.5. The fraction of sp³-hybridized carbons (Fsp3) is 0.175. The number of halogens is 1. The smallest absolute Gasteiger partial charge is 0.123 e. The Morgan fingerprint density at radius 3 is 1.45 bits per heavy atom. The molecule has 11 aromatic rings. The van der Waals surface area contributed by atoms with E-state index in [0.717, 1.165) is 46.6 Å². The fourth-order valence-electron chi connectivity index (χ4n) is 13.7. The van der Waals surface area contributed by atoms with E-state index in [1.807, 2.05) is 12.1 Å². The summed E-state index contributed by atoms with van der Waals surface area (Å²) >= 11 is 0. The summed E-state index contributed by atoms with van der Waals surface area (Å²) in [4.78, 5) is 2.41. The molecule has 0 bridgehead atoms. The number of hydrogen-bond donors (Lipinski definition) is 0. The molecule has 2 aliphatic carbocycles. The van der Waals surface area contributed by atoms with E-state index in [4.69, 9.17) is 0 Å². The maximum Gasteiger partial charge on any atom is 0.123 e. The Hall–Kier alpha value is -8.85. The van der Waals surface area contributed by atoms with Crippen molar-refractivity contribution < 1.29 is 4.39 Å². The van der Waals surface area contributed by atoms with Gasteiger partial charge in [0.15, 0.2) is 0 Å². The SMILES string of the molecule is Cc1ccccc1-c1c(CCC(c2ccc(-c3ccccc3)cc2)c2ccc(C(C)(C)C)cc2)cc2c(c1C)-c1ccc(N(c3ccc(-c4ccccc4)cc3)c3ccc(C(C)(C)C)cc3)cc1C21c2ccccc2-c2ccc(F)cc21. The molecule has 0 aliphatic heterocycles. The Kier molecular flexibility index (Phi) is 13.2. The average molecular weight is 1060 g/mol. The third kappa shape index (κ3) is 9.10. The first-order valence-corrected chi connectivity index (χ1v) is 29.3. The van der Waals surface area contributed by atoms with Gasteiger partial charge in [-0.05, 0) is 203 Å². The first-order valence-electron chi connectivity index (χ1n) is 29.3. The molecular weight excluding hydrogens is 994 g/mol. The second-order valence-corrected chi connectivity index (χ2v) is 25.0. The lowest BCUT2D eigenvalue weighted by Gasteiger charge is -2.33. The molecule has 0 heterocycles. The topological polar surface area (TPSA) is 3.24 Å². The summed E-state index contributed by atoms with van der Waals surface area (Å²) in [6.07, 6.45) is 1.70. The van der Waals surface area contributed by atoms with Crippen LogP contribution in [0, 0.1) is 19.7 Å². The molecule has 0 saturated heterocycles. The number of hydrogen-bond acceptors (Lipinski definition) is 1. The predicted octanol–water partition coefficient (Wildman–Crippen LogP) is 21.6. The van der Waals surface area contributed by atoms with Gasteiger partial charge in [-0.1, -0.05) is 242 Å². The van der Waals surface area contributed by atoms with Gasteiger partial charge < -0.3 is 4.90 Å². The van der Waals surface area contributed by atoms with Crippen molar-refractivity contribution in [3.63, 3.8) is 0 Å². The van der Waals surface area contributed by atoms with Gasteiger partial charge in [0.1, 0.15) is 5.82 Å². The first-order chi connectivity index (χ1) is 39.7. The molecular formula is C80H70FN. The van der Waals surface area contributed by atoms with Gasteiger partial charge in [0, 0.05) is 23.0 Å². The van der Waals surface area contributed by atoms with Gasteiger partial charge in [-0.15, -0.1) is 0 Å². The minimum Gasteiger partial charge on any atom is -0.310 e. The van der Waals surface area contributed by atoms with Gasteiger partial charge in [0.05, 0.1) is 5.41 Å². The number of nitrogens with zero attached hydrogens (tertiary/aromatic N) is 1. The summed E-state index contributed by atoms with van der Waals surface area (Å²) < 4.78 is 16.5. The molecule has 0 aromatic heterocycles. The second kappa shape index (κ2) is 20.6. The van der Waals surface area contributed by atoms with Crippen LogP contribution in [0.25, 0.3) is 55.6 Å². The van der Waals surface area contributed by atoms with E-state index < -0.39 is 5.41 Å². The summed E-state index contributed by atoms with van der Waals surface area (Å²) in [5, 5.41) is 0. The molecule has 1 nitrogen and oxygen atoms in total. The van der Waals surface area contributed by atoms with Gasteiger partial charge in [0.2, 0.25) is 0 Å². The van der Waals surface area contributed by atoms with Crippen LogP contribution in [0.1, 0.15) is 115 Å². The van der Waals surface area contributed by atoms with Crippen molar-refractivity contribution in [2.45, 2.75) is 90.4 Å². The molecule has 82 heavy (non-hydrogen) atoms.